The maximum Gasteiger partial charge on any atom is 0.205 e. The van der Waals surface area contributed by atoms with Crippen LogP contribution in [-0.4, -0.2) is 28.5 Å². The molecule has 15 heavy (non-hydrogen) atoms. The number of nitrogens with one attached hydrogen (secondary N) is 1. The van der Waals surface area contributed by atoms with Crippen LogP contribution in [0, 0.1) is 12.3 Å². The molecule has 4 nitrogen and oxygen atoms in total. The molecule has 0 aromatic carbocycles. The smallest absolute Gasteiger partial charge is 0.205 e. The number of hydrogen-bond acceptors (Lipinski definition) is 5. The minimum atomic E-state index is 0.183. The van der Waals surface area contributed by atoms with Crippen LogP contribution in [0.4, 0.5) is 5.13 Å². The Balaban J connectivity index is 2.35. The Morgan fingerprint density at radius 3 is 2.67 bits per heavy atom. The molecule has 0 saturated carbocycles. The Morgan fingerprint density at radius 2 is 2.13 bits per heavy atom. The highest BCUT2D eigenvalue weighted by atomic mass is 32.1. The van der Waals surface area contributed by atoms with Gasteiger partial charge in [0.05, 0.1) is 0 Å². The molecule has 5 heteroatoms. The van der Waals surface area contributed by atoms with E-state index in [1.54, 1.807) is 11.3 Å². The van der Waals surface area contributed by atoms with Gasteiger partial charge in [0.25, 0.3) is 0 Å². The molecule has 1 aromatic heterocycles. The average Bonchev–Trinajstić information content (AvgIpc) is 2.59. The zero-order valence-electron chi connectivity index (χ0n) is 9.58. The Labute approximate surface area is 94.7 Å². The van der Waals surface area contributed by atoms with Crippen LogP contribution < -0.4 is 5.32 Å². The molecule has 0 aliphatic carbocycles. The van der Waals surface area contributed by atoms with Crippen molar-refractivity contribution in [3.63, 3.8) is 0 Å². The summed E-state index contributed by atoms with van der Waals surface area (Å²) in [6.07, 6.45) is 1.86. The topological polar surface area (TPSA) is 58.0 Å². The van der Waals surface area contributed by atoms with Gasteiger partial charge in [0, 0.05) is 13.2 Å². The molecule has 0 atom stereocenters. The van der Waals surface area contributed by atoms with E-state index >= 15 is 0 Å². The summed E-state index contributed by atoms with van der Waals surface area (Å²) in [7, 11) is 0. The first kappa shape index (κ1) is 12.4. The van der Waals surface area contributed by atoms with Crippen LogP contribution in [0.2, 0.25) is 0 Å². The molecule has 1 rings (SSSR count). The van der Waals surface area contributed by atoms with E-state index in [2.05, 4.69) is 29.4 Å². The first-order valence-corrected chi connectivity index (χ1v) is 6.00. The summed E-state index contributed by atoms with van der Waals surface area (Å²) >= 11 is 1.57. The van der Waals surface area contributed by atoms with Gasteiger partial charge < -0.3 is 10.4 Å². The molecule has 0 saturated heterocycles. The molecule has 0 amide bonds. The van der Waals surface area contributed by atoms with Crippen LogP contribution in [-0.2, 0) is 0 Å². The van der Waals surface area contributed by atoms with Gasteiger partial charge in [-0.15, -0.1) is 10.2 Å². The van der Waals surface area contributed by atoms with Gasteiger partial charge in [0.2, 0.25) is 5.13 Å². The second kappa shape index (κ2) is 5.42. The van der Waals surface area contributed by atoms with Gasteiger partial charge in [-0.3, -0.25) is 0 Å². The molecular formula is C10H19N3OS. The van der Waals surface area contributed by atoms with Crippen LogP contribution in [0.5, 0.6) is 0 Å². The molecule has 0 bridgehead atoms. The van der Waals surface area contributed by atoms with Gasteiger partial charge in [-0.2, -0.15) is 0 Å². The van der Waals surface area contributed by atoms with Gasteiger partial charge in [-0.05, 0) is 25.2 Å². The zero-order chi connectivity index (χ0) is 11.3. The van der Waals surface area contributed by atoms with Crippen molar-refractivity contribution >= 4 is 16.5 Å². The second-order valence-corrected chi connectivity index (χ2v) is 5.65. The average molecular weight is 229 g/mol. The van der Waals surface area contributed by atoms with E-state index in [9.17, 15) is 0 Å². The maximum atomic E-state index is 8.78. The number of nitrogens with zero attached hydrogens (tertiary/aromatic N) is 2. The third-order valence-electron chi connectivity index (χ3n) is 2.26. The first-order chi connectivity index (χ1) is 7.03. The molecule has 86 valence electrons. The second-order valence-electron chi connectivity index (χ2n) is 4.47. The number of aryl methyl sites for hydroxylation is 1. The van der Waals surface area contributed by atoms with Gasteiger partial charge in [-0.1, -0.05) is 25.2 Å². The van der Waals surface area contributed by atoms with E-state index in [0.717, 1.165) is 29.5 Å². The number of hydrogen-bond donors (Lipinski definition) is 2. The Bertz CT molecular complexity index is 299. The molecule has 0 spiro atoms. The fourth-order valence-electron chi connectivity index (χ4n) is 1.33. The predicted octanol–water partition coefficient (Wildman–Crippen LogP) is 2.06. The van der Waals surface area contributed by atoms with E-state index in [4.69, 9.17) is 5.11 Å². The number of rotatable bonds is 6. The highest BCUT2D eigenvalue weighted by molar-refractivity contribution is 7.15. The quantitative estimate of drug-likeness (QED) is 0.784. The summed E-state index contributed by atoms with van der Waals surface area (Å²) in [5.41, 5.74) is 0.183. The van der Waals surface area contributed by atoms with Gasteiger partial charge in [0.15, 0.2) is 0 Å². The fraction of sp³-hybridized carbons (Fsp3) is 0.800. The zero-order valence-corrected chi connectivity index (χ0v) is 10.4. The van der Waals surface area contributed by atoms with E-state index in [-0.39, 0.29) is 12.0 Å². The van der Waals surface area contributed by atoms with Crippen LogP contribution in [0.3, 0.4) is 0 Å². The predicted molar refractivity (Wildman–Crippen MR) is 63.2 cm³/mol. The normalized spacial score (nSPS) is 11.7. The monoisotopic (exact) mass is 229 g/mol. The number of aliphatic hydroxyl groups is 1. The molecule has 0 fully saturated rings. The van der Waals surface area contributed by atoms with E-state index < -0.39 is 0 Å². The maximum absolute atomic E-state index is 8.78. The van der Waals surface area contributed by atoms with Crippen molar-refractivity contribution in [2.24, 2.45) is 5.41 Å². The standard InChI is InChI=1S/C10H19N3OS/c1-8-12-13-9(15-8)11-7-10(2,3)5-4-6-14/h14H,4-7H2,1-3H3,(H,11,13). The van der Waals surface area contributed by atoms with Gasteiger partial charge >= 0.3 is 0 Å². The van der Waals surface area contributed by atoms with Crippen molar-refractivity contribution in [2.45, 2.75) is 33.6 Å². The molecule has 1 aromatic rings. The summed E-state index contributed by atoms with van der Waals surface area (Å²) in [4.78, 5) is 0. The number of anilines is 1. The number of aromatic nitrogens is 2. The third-order valence-corrected chi connectivity index (χ3v) is 3.05. The van der Waals surface area contributed by atoms with Crippen LogP contribution in [0.15, 0.2) is 0 Å². The Kier molecular flexibility index (Phi) is 4.47. The van der Waals surface area contributed by atoms with Crippen molar-refractivity contribution in [1.29, 1.82) is 0 Å². The van der Waals surface area contributed by atoms with Crippen molar-refractivity contribution in [2.75, 3.05) is 18.5 Å². The van der Waals surface area contributed by atoms with E-state index in [0.29, 0.717) is 0 Å². The highest BCUT2D eigenvalue weighted by Crippen LogP contribution is 2.23. The summed E-state index contributed by atoms with van der Waals surface area (Å²) < 4.78 is 0. The summed E-state index contributed by atoms with van der Waals surface area (Å²) in [5, 5.41) is 21.9. The lowest BCUT2D eigenvalue weighted by molar-refractivity contribution is 0.248. The molecule has 0 aliphatic rings. The van der Waals surface area contributed by atoms with Crippen LogP contribution in [0.25, 0.3) is 0 Å². The molecule has 2 N–H and O–H groups in total. The molecule has 0 unspecified atom stereocenters. The lowest BCUT2D eigenvalue weighted by Crippen LogP contribution is -2.23. The minimum absolute atomic E-state index is 0.183. The highest BCUT2D eigenvalue weighted by Gasteiger charge is 2.17. The van der Waals surface area contributed by atoms with E-state index in [1.165, 1.54) is 0 Å². The van der Waals surface area contributed by atoms with Crippen molar-refractivity contribution in [3.05, 3.63) is 5.01 Å². The fourth-order valence-corrected chi connectivity index (χ4v) is 1.92. The lowest BCUT2D eigenvalue weighted by atomic mass is 9.88. The summed E-state index contributed by atoms with van der Waals surface area (Å²) in [5.74, 6) is 0. The van der Waals surface area contributed by atoms with E-state index in [1.807, 2.05) is 6.92 Å². The van der Waals surface area contributed by atoms with Crippen molar-refractivity contribution in [3.8, 4) is 0 Å². The SMILES string of the molecule is Cc1nnc(NCC(C)(C)CCCO)s1. The van der Waals surface area contributed by atoms with Crippen LogP contribution in [0.1, 0.15) is 31.7 Å². The number of aliphatic hydroxyl groups excluding tert-OH is 1. The summed E-state index contributed by atoms with van der Waals surface area (Å²) in [6, 6.07) is 0. The van der Waals surface area contributed by atoms with Gasteiger partial charge in [0.1, 0.15) is 5.01 Å². The molecule has 1 heterocycles. The van der Waals surface area contributed by atoms with Crippen molar-refractivity contribution in [1.82, 2.24) is 10.2 Å². The lowest BCUT2D eigenvalue weighted by Gasteiger charge is -2.24. The first-order valence-electron chi connectivity index (χ1n) is 5.18. The van der Waals surface area contributed by atoms with Crippen molar-refractivity contribution < 1.29 is 5.11 Å². The molecular weight excluding hydrogens is 210 g/mol. The Hall–Kier alpha value is -0.680. The summed E-state index contributed by atoms with van der Waals surface area (Å²) in [6.45, 7) is 7.44. The largest absolute Gasteiger partial charge is 0.396 e. The minimum Gasteiger partial charge on any atom is -0.396 e. The van der Waals surface area contributed by atoms with Crippen LogP contribution >= 0.6 is 11.3 Å². The molecule has 0 aliphatic heterocycles. The third kappa shape index (κ3) is 4.57. The van der Waals surface area contributed by atoms with Gasteiger partial charge in [-0.25, -0.2) is 0 Å². The Morgan fingerprint density at radius 1 is 1.40 bits per heavy atom. The molecule has 0 radical (unpaired) electrons.